The Morgan fingerprint density at radius 2 is 2.11 bits per heavy atom. The Morgan fingerprint density at radius 1 is 1.44 bits per heavy atom. The summed E-state index contributed by atoms with van der Waals surface area (Å²) in [4.78, 5) is 22.4. The minimum absolute atomic E-state index is 0.0856. The number of methoxy groups -OCH3 is 1. The highest BCUT2D eigenvalue weighted by molar-refractivity contribution is 5.78. The van der Waals surface area contributed by atoms with E-state index in [0.717, 1.165) is 32.4 Å². The van der Waals surface area contributed by atoms with E-state index in [1.165, 1.54) is 7.11 Å². The molecule has 1 aliphatic rings. The van der Waals surface area contributed by atoms with E-state index in [-0.39, 0.29) is 12.5 Å². The van der Waals surface area contributed by atoms with Gasteiger partial charge < -0.3 is 20.5 Å². The number of hydrogen-bond acceptors (Lipinski definition) is 5. The largest absolute Gasteiger partial charge is 0.467 e. The van der Waals surface area contributed by atoms with Gasteiger partial charge in [-0.25, -0.2) is 4.79 Å². The van der Waals surface area contributed by atoms with E-state index in [9.17, 15) is 14.7 Å². The number of aliphatic hydroxyl groups excluding tert-OH is 1. The second kappa shape index (κ2) is 8.05. The summed E-state index contributed by atoms with van der Waals surface area (Å²) in [6.07, 6.45) is 2.24. The van der Waals surface area contributed by atoms with Crippen LogP contribution in [-0.4, -0.2) is 49.8 Å². The molecule has 0 aromatic heterocycles. The Morgan fingerprint density at radius 3 is 2.72 bits per heavy atom. The molecule has 1 unspecified atom stereocenters. The van der Waals surface area contributed by atoms with Gasteiger partial charge in [-0.05, 0) is 38.3 Å². The summed E-state index contributed by atoms with van der Waals surface area (Å²) in [5, 5.41) is 15.1. The van der Waals surface area contributed by atoms with E-state index in [1.807, 2.05) is 0 Å². The Hall–Kier alpha value is -1.14. The van der Waals surface area contributed by atoms with Gasteiger partial charge in [0, 0.05) is 6.42 Å². The lowest BCUT2D eigenvalue weighted by Crippen LogP contribution is -2.37. The van der Waals surface area contributed by atoms with Crippen molar-refractivity contribution in [2.75, 3.05) is 26.7 Å². The normalized spacial score (nSPS) is 18.1. The van der Waals surface area contributed by atoms with Crippen LogP contribution < -0.4 is 10.6 Å². The molecule has 1 heterocycles. The molecule has 1 amide bonds. The Bertz CT molecular complexity index is 277. The number of aliphatic hydroxyl groups is 1. The van der Waals surface area contributed by atoms with E-state index in [4.69, 9.17) is 0 Å². The van der Waals surface area contributed by atoms with Gasteiger partial charge in [-0.3, -0.25) is 4.79 Å². The predicted octanol–water partition coefficient (Wildman–Crippen LogP) is -0.584. The van der Waals surface area contributed by atoms with Crippen molar-refractivity contribution in [3.63, 3.8) is 0 Å². The molecule has 1 rings (SSSR count). The third kappa shape index (κ3) is 5.46. The molecule has 6 nitrogen and oxygen atoms in total. The number of esters is 1. The van der Waals surface area contributed by atoms with Crippen LogP contribution in [0.1, 0.15) is 25.7 Å². The first-order valence-corrected chi connectivity index (χ1v) is 6.36. The van der Waals surface area contributed by atoms with Crippen molar-refractivity contribution in [2.45, 2.75) is 31.8 Å². The fraction of sp³-hybridized carbons (Fsp3) is 0.833. The Balaban J connectivity index is 2.11. The van der Waals surface area contributed by atoms with Crippen LogP contribution in [-0.2, 0) is 14.3 Å². The average molecular weight is 258 g/mol. The third-order valence-corrected chi connectivity index (χ3v) is 3.20. The standard InChI is InChI=1S/C12H22N2O4/c1-18-12(17)10(15)8-14-11(16)3-2-9-4-6-13-7-5-9/h9-10,13,15H,2-8H2,1H3,(H,14,16). The van der Waals surface area contributed by atoms with Crippen LogP contribution in [0.15, 0.2) is 0 Å². The number of hydrogen-bond donors (Lipinski definition) is 3. The lowest BCUT2D eigenvalue weighted by Gasteiger charge is -2.22. The van der Waals surface area contributed by atoms with Crippen LogP contribution in [0.3, 0.4) is 0 Å². The summed E-state index contributed by atoms with van der Waals surface area (Å²) in [5.74, 6) is -0.257. The molecule has 0 aromatic carbocycles. The molecule has 0 aliphatic carbocycles. The summed E-state index contributed by atoms with van der Waals surface area (Å²) in [7, 11) is 1.20. The molecule has 0 aromatic rings. The molecule has 3 N–H and O–H groups in total. The van der Waals surface area contributed by atoms with E-state index < -0.39 is 12.1 Å². The number of nitrogens with one attached hydrogen (secondary N) is 2. The molecule has 0 saturated carbocycles. The first-order valence-electron chi connectivity index (χ1n) is 6.36. The van der Waals surface area contributed by atoms with Crippen molar-refractivity contribution in [1.82, 2.24) is 10.6 Å². The number of amides is 1. The molecule has 1 fully saturated rings. The topological polar surface area (TPSA) is 87.7 Å². The van der Waals surface area contributed by atoms with Gasteiger partial charge in [0.2, 0.25) is 5.91 Å². The maximum atomic E-state index is 11.5. The van der Waals surface area contributed by atoms with Crippen molar-refractivity contribution in [2.24, 2.45) is 5.92 Å². The number of piperidine rings is 1. The molecule has 6 heteroatoms. The zero-order chi connectivity index (χ0) is 13.4. The number of ether oxygens (including phenoxy) is 1. The predicted molar refractivity (Wildman–Crippen MR) is 65.9 cm³/mol. The Labute approximate surface area is 107 Å². The van der Waals surface area contributed by atoms with Gasteiger partial charge in [-0.1, -0.05) is 0 Å². The Kier molecular flexibility index (Phi) is 6.67. The monoisotopic (exact) mass is 258 g/mol. The minimum Gasteiger partial charge on any atom is -0.467 e. The van der Waals surface area contributed by atoms with E-state index >= 15 is 0 Å². The van der Waals surface area contributed by atoms with Gasteiger partial charge in [-0.15, -0.1) is 0 Å². The van der Waals surface area contributed by atoms with E-state index in [1.54, 1.807) is 0 Å². The number of carbonyl (C=O) groups excluding carboxylic acids is 2. The molecular weight excluding hydrogens is 236 g/mol. The molecule has 0 radical (unpaired) electrons. The van der Waals surface area contributed by atoms with Crippen LogP contribution in [0.4, 0.5) is 0 Å². The van der Waals surface area contributed by atoms with Gasteiger partial charge in [0.1, 0.15) is 0 Å². The second-order valence-electron chi connectivity index (χ2n) is 4.58. The van der Waals surface area contributed by atoms with Crippen LogP contribution in [0, 0.1) is 5.92 Å². The highest BCUT2D eigenvalue weighted by atomic mass is 16.5. The highest BCUT2D eigenvalue weighted by Gasteiger charge is 2.17. The first kappa shape index (κ1) is 14.9. The van der Waals surface area contributed by atoms with Crippen molar-refractivity contribution < 1.29 is 19.4 Å². The molecule has 1 aliphatic heterocycles. The summed E-state index contributed by atoms with van der Waals surface area (Å²) >= 11 is 0. The van der Waals surface area contributed by atoms with Gasteiger partial charge in [0.05, 0.1) is 13.7 Å². The maximum Gasteiger partial charge on any atom is 0.336 e. The number of rotatable bonds is 6. The molecule has 1 atom stereocenters. The maximum absolute atomic E-state index is 11.5. The van der Waals surface area contributed by atoms with E-state index in [0.29, 0.717) is 12.3 Å². The van der Waals surface area contributed by atoms with Crippen LogP contribution >= 0.6 is 0 Å². The van der Waals surface area contributed by atoms with Crippen LogP contribution in [0.5, 0.6) is 0 Å². The zero-order valence-electron chi connectivity index (χ0n) is 10.8. The fourth-order valence-electron chi connectivity index (χ4n) is 2.02. The molecular formula is C12H22N2O4. The lowest BCUT2D eigenvalue weighted by atomic mass is 9.93. The molecule has 18 heavy (non-hydrogen) atoms. The molecule has 104 valence electrons. The van der Waals surface area contributed by atoms with Gasteiger partial charge in [0.25, 0.3) is 0 Å². The second-order valence-corrected chi connectivity index (χ2v) is 4.58. The summed E-state index contributed by atoms with van der Waals surface area (Å²) in [6.45, 7) is 1.96. The summed E-state index contributed by atoms with van der Waals surface area (Å²) in [6, 6.07) is 0. The lowest BCUT2D eigenvalue weighted by molar-refractivity contribution is -0.150. The van der Waals surface area contributed by atoms with Gasteiger partial charge in [0.15, 0.2) is 6.10 Å². The fourth-order valence-corrected chi connectivity index (χ4v) is 2.02. The summed E-state index contributed by atoms with van der Waals surface area (Å²) in [5.41, 5.74) is 0. The molecule has 1 saturated heterocycles. The third-order valence-electron chi connectivity index (χ3n) is 3.20. The van der Waals surface area contributed by atoms with E-state index in [2.05, 4.69) is 15.4 Å². The van der Waals surface area contributed by atoms with Crippen LogP contribution in [0.2, 0.25) is 0 Å². The molecule has 0 bridgehead atoms. The minimum atomic E-state index is -1.28. The van der Waals surface area contributed by atoms with Gasteiger partial charge >= 0.3 is 5.97 Å². The quantitative estimate of drug-likeness (QED) is 0.555. The van der Waals surface area contributed by atoms with Crippen molar-refractivity contribution in [3.8, 4) is 0 Å². The van der Waals surface area contributed by atoms with Gasteiger partial charge in [-0.2, -0.15) is 0 Å². The average Bonchev–Trinajstić information content (AvgIpc) is 2.42. The SMILES string of the molecule is COC(=O)C(O)CNC(=O)CCC1CCNCC1. The van der Waals surface area contributed by atoms with Crippen molar-refractivity contribution in [1.29, 1.82) is 0 Å². The summed E-state index contributed by atoms with van der Waals surface area (Å²) < 4.78 is 4.35. The highest BCUT2D eigenvalue weighted by Crippen LogP contribution is 2.17. The zero-order valence-corrected chi connectivity index (χ0v) is 10.8. The smallest absolute Gasteiger partial charge is 0.336 e. The van der Waals surface area contributed by atoms with Crippen LogP contribution in [0.25, 0.3) is 0 Å². The first-order chi connectivity index (χ1) is 8.63. The van der Waals surface area contributed by atoms with Crippen molar-refractivity contribution >= 4 is 11.9 Å². The number of carbonyl (C=O) groups is 2. The molecule has 0 spiro atoms. The van der Waals surface area contributed by atoms with Crippen molar-refractivity contribution in [3.05, 3.63) is 0 Å².